The van der Waals surface area contributed by atoms with Crippen LogP contribution in [0.15, 0.2) is 12.7 Å². The number of nitrogens with zero attached hydrogens (tertiary/aromatic N) is 1. The SMILES string of the molecule is C=CC(=O)N(C)C#CC. The fourth-order valence-corrected chi connectivity index (χ4v) is 0.360. The molecule has 0 saturated heterocycles. The predicted molar refractivity (Wildman–Crippen MR) is 36.4 cm³/mol. The molecular formula is C7H9NO. The van der Waals surface area contributed by atoms with E-state index in [2.05, 4.69) is 18.5 Å². The number of carbonyl (C=O) groups excluding carboxylic acids is 1. The maximum absolute atomic E-state index is 10.6. The normalized spacial score (nSPS) is 6.89. The van der Waals surface area contributed by atoms with E-state index in [1.807, 2.05) is 0 Å². The van der Waals surface area contributed by atoms with E-state index in [0.717, 1.165) is 0 Å². The molecule has 0 unspecified atom stereocenters. The Bertz CT molecular complexity index is 173. The van der Waals surface area contributed by atoms with Crippen LogP contribution in [-0.2, 0) is 4.79 Å². The van der Waals surface area contributed by atoms with E-state index in [1.165, 1.54) is 11.0 Å². The average Bonchev–Trinajstić information content (AvgIpc) is 1.87. The molecule has 0 spiro atoms. The molecule has 1 amide bonds. The topological polar surface area (TPSA) is 20.3 Å². The van der Waals surface area contributed by atoms with Gasteiger partial charge >= 0.3 is 0 Å². The van der Waals surface area contributed by atoms with Gasteiger partial charge in [-0.1, -0.05) is 12.5 Å². The summed E-state index contributed by atoms with van der Waals surface area (Å²) in [5.74, 6) is 2.41. The molecule has 2 nitrogen and oxygen atoms in total. The maximum Gasteiger partial charge on any atom is 0.257 e. The van der Waals surface area contributed by atoms with Crippen molar-refractivity contribution in [3.63, 3.8) is 0 Å². The number of amides is 1. The molecule has 0 aromatic carbocycles. The van der Waals surface area contributed by atoms with Crippen LogP contribution >= 0.6 is 0 Å². The second kappa shape index (κ2) is 3.73. The summed E-state index contributed by atoms with van der Waals surface area (Å²) in [4.78, 5) is 11.9. The Morgan fingerprint density at radius 1 is 1.78 bits per heavy atom. The molecule has 0 N–H and O–H groups in total. The van der Waals surface area contributed by atoms with Crippen LogP contribution in [0.4, 0.5) is 0 Å². The minimum atomic E-state index is -0.177. The zero-order valence-corrected chi connectivity index (χ0v) is 5.64. The van der Waals surface area contributed by atoms with Gasteiger partial charge in [-0.25, -0.2) is 0 Å². The minimum Gasteiger partial charge on any atom is -0.271 e. The molecule has 0 atom stereocenters. The van der Waals surface area contributed by atoms with Crippen LogP contribution in [0.2, 0.25) is 0 Å². The molecule has 0 bridgehead atoms. The summed E-state index contributed by atoms with van der Waals surface area (Å²) in [5.41, 5.74) is 0. The van der Waals surface area contributed by atoms with Crippen LogP contribution in [0.25, 0.3) is 0 Å². The van der Waals surface area contributed by atoms with E-state index < -0.39 is 0 Å². The van der Waals surface area contributed by atoms with Crippen LogP contribution in [0, 0.1) is 12.0 Å². The second-order valence-electron chi connectivity index (χ2n) is 1.46. The van der Waals surface area contributed by atoms with Crippen LogP contribution < -0.4 is 0 Å². The van der Waals surface area contributed by atoms with E-state index >= 15 is 0 Å². The summed E-state index contributed by atoms with van der Waals surface area (Å²) in [7, 11) is 1.60. The van der Waals surface area contributed by atoms with Gasteiger partial charge in [-0.3, -0.25) is 9.69 Å². The van der Waals surface area contributed by atoms with E-state index in [4.69, 9.17) is 0 Å². The van der Waals surface area contributed by atoms with Crippen molar-refractivity contribution >= 4 is 5.91 Å². The first-order valence-electron chi connectivity index (χ1n) is 2.55. The van der Waals surface area contributed by atoms with Crippen LogP contribution in [-0.4, -0.2) is 17.9 Å². The van der Waals surface area contributed by atoms with Gasteiger partial charge in [-0.05, 0) is 13.0 Å². The standard InChI is InChI=1S/C7H9NO/c1-4-6-8(3)7(9)5-2/h5H,2H2,1,3H3. The molecule has 0 aliphatic rings. The first-order chi connectivity index (χ1) is 4.22. The Morgan fingerprint density at radius 3 is 2.67 bits per heavy atom. The lowest BCUT2D eigenvalue weighted by molar-refractivity contribution is -0.122. The monoisotopic (exact) mass is 123 g/mol. The van der Waals surface area contributed by atoms with Gasteiger partial charge in [-0.15, -0.1) is 0 Å². The zero-order chi connectivity index (χ0) is 7.28. The highest BCUT2D eigenvalue weighted by molar-refractivity contribution is 5.88. The fraction of sp³-hybridized carbons (Fsp3) is 0.286. The Morgan fingerprint density at radius 2 is 2.33 bits per heavy atom. The average molecular weight is 123 g/mol. The fourth-order valence-electron chi connectivity index (χ4n) is 0.360. The van der Waals surface area contributed by atoms with E-state index in [1.54, 1.807) is 14.0 Å². The lowest BCUT2D eigenvalue weighted by Gasteiger charge is -2.02. The number of hydrogen-bond acceptors (Lipinski definition) is 1. The van der Waals surface area contributed by atoms with Crippen molar-refractivity contribution in [2.24, 2.45) is 0 Å². The third-order valence-electron chi connectivity index (χ3n) is 0.785. The van der Waals surface area contributed by atoms with Crippen molar-refractivity contribution in [3.05, 3.63) is 12.7 Å². The predicted octanol–water partition coefficient (Wildman–Crippen LogP) is 0.612. The van der Waals surface area contributed by atoms with E-state index in [-0.39, 0.29) is 5.91 Å². The smallest absolute Gasteiger partial charge is 0.257 e. The third-order valence-corrected chi connectivity index (χ3v) is 0.785. The summed E-state index contributed by atoms with van der Waals surface area (Å²) in [6.45, 7) is 4.98. The molecule has 0 aromatic heterocycles. The third kappa shape index (κ3) is 2.55. The molecule has 0 saturated carbocycles. The van der Waals surface area contributed by atoms with Gasteiger partial charge in [0.2, 0.25) is 0 Å². The Hall–Kier alpha value is -1.23. The van der Waals surface area contributed by atoms with Gasteiger partial charge in [0.25, 0.3) is 5.91 Å². The van der Waals surface area contributed by atoms with Gasteiger partial charge in [-0.2, -0.15) is 0 Å². The number of rotatable bonds is 1. The number of hydrogen-bond donors (Lipinski definition) is 0. The van der Waals surface area contributed by atoms with Crippen LogP contribution in [0.3, 0.4) is 0 Å². The molecule has 0 heterocycles. The van der Waals surface area contributed by atoms with Crippen molar-refractivity contribution in [2.45, 2.75) is 6.92 Å². The Balaban J connectivity index is 3.97. The van der Waals surface area contributed by atoms with Crippen molar-refractivity contribution in [1.29, 1.82) is 0 Å². The van der Waals surface area contributed by atoms with E-state index in [0.29, 0.717) is 0 Å². The summed E-state index contributed by atoms with van der Waals surface area (Å²) in [6, 6.07) is 2.56. The minimum absolute atomic E-state index is 0.177. The number of carbonyl (C=O) groups is 1. The van der Waals surface area contributed by atoms with Gasteiger partial charge in [0, 0.05) is 13.1 Å². The molecule has 0 fully saturated rings. The largest absolute Gasteiger partial charge is 0.271 e. The number of likely N-dealkylation sites (N-methyl/N-ethyl adjacent to an activating group) is 1. The molecule has 0 radical (unpaired) electrons. The molecule has 0 aromatic rings. The van der Waals surface area contributed by atoms with Gasteiger partial charge in [0.05, 0.1) is 0 Å². The lowest BCUT2D eigenvalue weighted by atomic mass is 10.5. The summed E-state index contributed by atoms with van der Waals surface area (Å²) in [6.07, 6.45) is 1.23. The van der Waals surface area contributed by atoms with Crippen molar-refractivity contribution in [1.82, 2.24) is 4.90 Å². The van der Waals surface area contributed by atoms with Crippen molar-refractivity contribution in [3.8, 4) is 12.0 Å². The van der Waals surface area contributed by atoms with E-state index in [9.17, 15) is 4.79 Å². The zero-order valence-electron chi connectivity index (χ0n) is 5.64. The Kier molecular flexibility index (Phi) is 3.22. The summed E-state index contributed by atoms with van der Waals surface area (Å²) < 4.78 is 0. The highest BCUT2D eigenvalue weighted by atomic mass is 16.2. The summed E-state index contributed by atoms with van der Waals surface area (Å²) >= 11 is 0. The van der Waals surface area contributed by atoms with Gasteiger partial charge < -0.3 is 0 Å². The molecule has 0 rings (SSSR count). The maximum atomic E-state index is 10.6. The Labute approximate surface area is 55.2 Å². The van der Waals surface area contributed by atoms with Crippen LogP contribution in [0.5, 0.6) is 0 Å². The summed E-state index contributed by atoms with van der Waals surface area (Å²) in [5, 5.41) is 0. The highest BCUT2D eigenvalue weighted by Crippen LogP contribution is 1.79. The molecule has 0 aliphatic carbocycles. The van der Waals surface area contributed by atoms with Crippen molar-refractivity contribution in [2.75, 3.05) is 7.05 Å². The highest BCUT2D eigenvalue weighted by Gasteiger charge is 1.96. The molecular weight excluding hydrogens is 114 g/mol. The van der Waals surface area contributed by atoms with Crippen LogP contribution in [0.1, 0.15) is 6.92 Å². The molecule has 2 heteroatoms. The first-order valence-corrected chi connectivity index (χ1v) is 2.55. The lowest BCUT2D eigenvalue weighted by Crippen LogP contribution is -2.18. The second-order valence-corrected chi connectivity index (χ2v) is 1.46. The van der Waals surface area contributed by atoms with Gasteiger partial charge in [0.15, 0.2) is 0 Å². The molecule has 0 aliphatic heterocycles. The van der Waals surface area contributed by atoms with Crippen molar-refractivity contribution < 1.29 is 4.79 Å². The quantitative estimate of drug-likeness (QED) is 0.284. The van der Waals surface area contributed by atoms with Gasteiger partial charge in [0.1, 0.15) is 0 Å². The molecule has 48 valence electrons. The molecule has 9 heavy (non-hydrogen) atoms. The first kappa shape index (κ1) is 7.77.